The molecule has 1 aromatic heterocycles. The minimum absolute atomic E-state index is 0.0650. The number of piperidine rings is 1. The van der Waals surface area contributed by atoms with Gasteiger partial charge < -0.3 is 15.5 Å². The fourth-order valence-corrected chi connectivity index (χ4v) is 3.79. The number of nitro groups is 1. The molecule has 2 amide bonds. The molecule has 1 saturated heterocycles. The van der Waals surface area contributed by atoms with Gasteiger partial charge in [-0.2, -0.15) is 11.3 Å². The summed E-state index contributed by atoms with van der Waals surface area (Å²) in [5.74, 6) is -0.433. The van der Waals surface area contributed by atoms with E-state index in [1.165, 1.54) is 30.5 Å². The third-order valence-corrected chi connectivity index (χ3v) is 5.30. The zero-order valence-electron chi connectivity index (χ0n) is 14.8. The number of benzene rings is 1. The number of hydrogen-bond acceptors (Lipinski definition) is 6. The molecule has 27 heavy (non-hydrogen) atoms. The Bertz CT molecular complexity index is 845. The molecule has 1 fully saturated rings. The lowest BCUT2D eigenvalue weighted by Crippen LogP contribution is -2.45. The Morgan fingerprint density at radius 3 is 2.56 bits per heavy atom. The van der Waals surface area contributed by atoms with Gasteiger partial charge in [0, 0.05) is 49.3 Å². The van der Waals surface area contributed by atoms with E-state index in [-0.39, 0.29) is 29.1 Å². The number of non-ortho nitro benzene ring substituents is 1. The molecule has 0 spiro atoms. The van der Waals surface area contributed by atoms with Crippen LogP contribution in [-0.2, 0) is 0 Å². The van der Waals surface area contributed by atoms with E-state index in [4.69, 9.17) is 0 Å². The second-order valence-electron chi connectivity index (χ2n) is 6.28. The second-order valence-corrected chi connectivity index (χ2v) is 7.06. The number of amides is 2. The van der Waals surface area contributed by atoms with Gasteiger partial charge in [-0.25, -0.2) is 0 Å². The number of anilines is 1. The molecule has 0 saturated carbocycles. The lowest BCUT2D eigenvalue weighted by atomic mass is 10.0. The van der Waals surface area contributed by atoms with Crippen LogP contribution in [0, 0.1) is 10.1 Å². The van der Waals surface area contributed by atoms with Crippen LogP contribution in [0.3, 0.4) is 0 Å². The Kier molecular flexibility index (Phi) is 5.70. The maximum absolute atomic E-state index is 12.2. The van der Waals surface area contributed by atoms with E-state index in [0.717, 1.165) is 12.8 Å². The molecule has 0 unspecified atom stereocenters. The minimum atomic E-state index is -0.511. The number of hydrogen-bond donors (Lipinski definition) is 2. The molecular formula is C18H20N4O4S. The first kappa shape index (κ1) is 18.8. The van der Waals surface area contributed by atoms with E-state index in [1.54, 1.807) is 12.1 Å². The number of rotatable bonds is 5. The number of carbonyl (C=O) groups is 2. The van der Waals surface area contributed by atoms with Gasteiger partial charge >= 0.3 is 0 Å². The van der Waals surface area contributed by atoms with Gasteiger partial charge in [-0.15, -0.1) is 0 Å². The third-order valence-electron chi connectivity index (χ3n) is 4.62. The molecule has 0 radical (unpaired) electrons. The van der Waals surface area contributed by atoms with E-state index in [2.05, 4.69) is 10.6 Å². The molecule has 0 atom stereocenters. The van der Waals surface area contributed by atoms with Crippen molar-refractivity contribution < 1.29 is 14.5 Å². The van der Waals surface area contributed by atoms with E-state index >= 15 is 0 Å². The van der Waals surface area contributed by atoms with Crippen LogP contribution >= 0.6 is 11.3 Å². The molecule has 0 bridgehead atoms. The van der Waals surface area contributed by atoms with Gasteiger partial charge in [-0.3, -0.25) is 19.7 Å². The summed E-state index contributed by atoms with van der Waals surface area (Å²) >= 11 is 1.48. The summed E-state index contributed by atoms with van der Waals surface area (Å²) in [6.07, 6.45) is 1.47. The van der Waals surface area contributed by atoms with Crippen LogP contribution in [0.5, 0.6) is 0 Å². The van der Waals surface area contributed by atoms with Crippen molar-refractivity contribution in [3.8, 4) is 0 Å². The van der Waals surface area contributed by atoms with Crippen molar-refractivity contribution in [2.45, 2.75) is 18.9 Å². The molecule has 142 valence electrons. The van der Waals surface area contributed by atoms with Crippen LogP contribution in [0.2, 0.25) is 0 Å². The average Bonchev–Trinajstić information content (AvgIpc) is 3.22. The first-order chi connectivity index (χ1) is 13.0. The lowest BCUT2D eigenvalue weighted by Gasteiger charge is -2.34. The largest absolute Gasteiger partial charge is 0.371 e. The predicted molar refractivity (Wildman–Crippen MR) is 104 cm³/mol. The number of nitrogens with zero attached hydrogens (tertiary/aromatic N) is 2. The monoisotopic (exact) mass is 388 g/mol. The van der Waals surface area contributed by atoms with E-state index in [1.807, 2.05) is 15.7 Å². The van der Waals surface area contributed by atoms with E-state index < -0.39 is 4.92 Å². The van der Waals surface area contributed by atoms with Crippen molar-refractivity contribution in [2.24, 2.45) is 0 Å². The van der Waals surface area contributed by atoms with Crippen LogP contribution in [0.4, 0.5) is 11.4 Å². The Morgan fingerprint density at radius 1 is 1.22 bits per heavy atom. The fourth-order valence-electron chi connectivity index (χ4n) is 3.16. The quantitative estimate of drug-likeness (QED) is 0.605. The summed E-state index contributed by atoms with van der Waals surface area (Å²) in [5, 5.41) is 20.3. The highest BCUT2D eigenvalue weighted by atomic mass is 32.1. The van der Waals surface area contributed by atoms with Gasteiger partial charge in [0.2, 0.25) is 0 Å². The van der Waals surface area contributed by atoms with E-state index in [9.17, 15) is 19.7 Å². The first-order valence-corrected chi connectivity index (χ1v) is 9.52. The molecule has 1 aliphatic rings. The lowest BCUT2D eigenvalue weighted by molar-refractivity contribution is -0.384. The highest BCUT2D eigenvalue weighted by Gasteiger charge is 2.25. The SMILES string of the molecule is CNC(=O)c1cc([N+](=O)[O-])ccc1N1CCC(NC(=O)c2ccsc2)CC1. The Balaban J connectivity index is 1.69. The van der Waals surface area contributed by atoms with Crippen molar-refractivity contribution in [2.75, 3.05) is 25.0 Å². The highest BCUT2D eigenvalue weighted by Crippen LogP contribution is 2.28. The fraction of sp³-hybridized carbons (Fsp3) is 0.333. The molecule has 2 heterocycles. The number of thiophene rings is 1. The molecule has 2 aromatic rings. The summed E-state index contributed by atoms with van der Waals surface area (Å²) in [6.45, 7) is 1.30. The van der Waals surface area contributed by atoms with Crippen LogP contribution in [0.1, 0.15) is 33.6 Å². The molecule has 3 rings (SSSR count). The van der Waals surface area contributed by atoms with Crippen LogP contribution in [0.15, 0.2) is 35.0 Å². The molecule has 2 N–H and O–H groups in total. The molecule has 1 aliphatic heterocycles. The van der Waals surface area contributed by atoms with Gasteiger partial charge in [-0.1, -0.05) is 0 Å². The first-order valence-electron chi connectivity index (χ1n) is 8.58. The zero-order chi connectivity index (χ0) is 19.4. The zero-order valence-corrected chi connectivity index (χ0v) is 15.6. The molecule has 0 aliphatic carbocycles. The van der Waals surface area contributed by atoms with Crippen LogP contribution < -0.4 is 15.5 Å². The van der Waals surface area contributed by atoms with Crippen molar-refractivity contribution in [3.63, 3.8) is 0 Å². The topological polar surface area (TPSA) is 105 Å². The van der Waals surface area contributed by atoms with Crippen molar-refractivity contribution >= 4 is 34.5 Å². The number of nitro benzene ring substituents is 1. The predicted octanol–water partition coefficient (Wildman–Crippen LogP) is 2.41. The Hall–Kier alpha value is -2.94. The van der Waals surface area contributed by atoms with Gasteiger partial charge in [0.25, 0.3) is 17.5 Å². The summed E-state index contributed by atoms with van der Waals surface area (Å²) in [4.78, 5) is 36.9. The summed E-state index contributed by atoms with van der Waals surface area (Å²) in [7, 11) is 1.50. The summed E-state index contributed by atoms with van der Waals surface area (Å²) in [6, 6.07) is 6.19. The number of carbonyl (C=O) groups excluding carboxylic acids is 2. The smallest absolute Gasteiger partial charge is 0.270 e. The third kappa shape index (κ3) is 4.25. The molecule has 9 heteroatoms. The summed E-state index contributed by atoms with van der Waals surface area (Å²) in [5.41, 5.74) is 1.50. The normalized spacial score (nSPS) is 14.6. The van der Waals surface area contributed by atoms with Gasteiger partial charge in [0.05, 0.1) is 16.2 Å². The second kappa shape index (κ2) is 8.17. The van der Waals surface area contributed by atoms with E-state index in [0.29, 0.717) is 24.3 Å². The highest BCUT2D eigenvalue weighted by molar-refractivity contribution is 7.08. The maximum atomic E-state index is 12.2. The van der Waals surface area contributed by atoms with Crippen molar-refractivity contribution in [1.29, 1.82) is 0 Å². The van der Waals surface area contributed by atoms with Gasteiger partial charge in [0.15, 0.2) is 0 Å². The van der Waals surface area contributed by atoms with Crippen molar-refractivity contribution in [1.82, 2.24) is 10.6 Å². The van der Waals surface area contributed by atoms with Gasteiger partial charge in [-0.05, 0) is 30.4 Å². The maximum Gasteiger partial charge on any atom is 0.270 e. The van der Waals surface area contributed by atoms with Crippen molar-refractivity contribution in [3.05, 3.63) is 56.3 Å². The standard InChI is InChI=1S/C18H20N4O4S/c1-19-18(24)15-10-14(22(25)26)2-3-16(15)21-7-4-13(5-8-21)20-17(23)12-6-9-27-11-12/h2-3,6,9-11,13H,4-5,7-8H2,1H3,(H,19,24)(H,20,23). The van der Waals surface area contributed by atoms with Crippen LogP contribution in [0.25, 0.3) is 0 Å². The van der Waals surface area contributed by atoms with Crippen LogP contribution in [-0.4, -0.2) is 42.9 Å². The minimum Gasteiger partial charge on any atom is -0.371 e. The molecule has 8 nitrogen and oxygen atoms in total. The average molecular weight is 388 g/mol. The molecular weight excluding hydrogens is 368 g/mol. The Morgan fingerprint density at radius 2 is 1.96 bits per heavy atom. The summed E-state index contributed by atoms with van der Waals surface area (Å²) < 4.78 is 0. The molecule has 1 aromatic carbocycles. The number of nitrogens with one attached hydrogen (secondary N) is 2. The Labute approximate surface area is 160 Å². The van der Waals surface area contributed by atoms with Gasteiger partial charge in [0.1, 0.15) is 0 Å².